The molecule has 0 saturated heterocycles. The van der Waals surface area contributed by atoms with Crippen LogP contribution in [0.1, 0.15) is 24.2 Å². The SMILES string of the molecule is COC(=O)C(Cn1cnc(C)c1C)NC1CC1. The Morgan fingerprint density at radius 2 is 2.35 bits per heavy atom. The van der Waals surface area contributed by atoms with Crippen molar-refractivity contribution in [3.8, 4) is 0 Å². The Labute approximate surface area is 101 Å². The fraction of sp³-hybridized carbons (Fsp3) is 0.667. The van der Waals surface area contributed by atoms with Crippen molar-refractivity contribution < 1.29 is 9.53 Å². The molecule has 1 fully saturated rings. The number of nitrogens with zero attached hydrogens (tertiary/aromatic N) is 2. The van der Waals surface area contributed by atoms with E-state index in [9.17, 15) is 4.79 Å². The number of hydrogen-bond acceptors (Lipinski definition) is 4. The lowest BCUT2D eigenvalue weighted by Crippen LogP contribution is -2.42. The molecule has 0 bridgehead atoms. The minimum atomic E-state index is -0.278. The van der Waals surface area contributed by atoms with E-state index in [1.807, 2.05) is 18.4 Å². The predicted octanol–water partition coefficient (Wildman–Crippen LogP) is 0.794. The third-order valence-electron chi connectivity index (χ3n) is 3.22. The van der Waals surface area contributed by atoms with E-state index in [1.54, 1.807) is 6.33 Å². The zero-order valence-electron chi connectivity index (χ0n) is 10.6. The zero-order chi connectivity index (χ0) is 12.4. The Morgan fingerprint density at radius 1 is 1.65 bits per heavy atom. The van der Waals surface area contributed by atoms with E-state index in [0.29, 0.717) is 12.6 Å². The van der Waals surface area contributed by atoms with Crippen LogP contribution in [0.2, 0.25) is 0 Å². The van der Waals surface area contributed by atoms with Gasteiger partial charge in [-0.25, -0.2) is 4.98 Å². The fourth-order valence-electron chi connectivity index (χ4n) is 1.80. The first kappa shape index (κ1) is 12.1. The molecule has 0 radical (unpaired) electrons. The van der Waals surface area contributed by atoms with E-state index in [0.717, 1.165) is 24.2 Å². The summed E-state index contributed by atoms with van der Waals surface area (Å²) in [6.45, 7) is 4.55. The first-order valence-electron chi connectivity index (χ1n) is 5.94. The van der Waals surface area contributed by atoms with Gasteiger partial charge in [-0.05, 0) is 26.7 Å². The van der Waals surface area contributed by atoms with Gasteiger partial charge in [-0.2, -0.15) is 0 Å². The summed E-state index contributed by atoms with van der Waals surface area (Å²) in [6.07, 6.45) is 4.07. The third-order valence-corrected chi connectivity index (χ3v) is 3.22. The third kappa shape index (κ3) is 2.85. The number of aryl methyl sites for hydroxylation is 1. The van der Waals surface area contributed by atoms with Gasteiger partial charge < -0.3 is 14.6 Å². The maximum Gasteiger partial charge on any atom is 0.324 e. The van der Waals surface area contributed by atoms with Gasteiger partial charge in [0.2, 0.25) is 0 Å². The normalized spacial score (nSPS) is 16.9. The second-order valence-corrected chi connectivity index (χ2v) is 4.58. The number of ether oxygens (including phenoxy) is 1. The molecule has 1 atom stereocenters. The largest absolute Gasteiger partial charge is 0.468 e. The zero-order valence-corrected chi connectivity index (χ0v) is 10.6. The Morgan fingerprint density at radius 3 is 2.82 bits per heavy atom. The van der Waals surface area contributed by atoms with Gasteiger partial charge in [0.1, 0.15) is 6.04 Å². The van der Waals surface area contributed by atoms with Gasteiger partial charge in [0.15, 0.2) is 0 Å². The quantitative estimate of drug-likeness (QED) is 0.769. The number of carbonyl (C=O) groups is 1. The van der Waals surface area contributed by atoms with E-state index in [1.165, 1.54) is 7.11 Å². The van der Waals surface area contributed by atoms with Crippen LogP contribution in [-0.4, -0.2) is 34.7 Å². The molecule has 1 aromatic rings. The molecule has 1 saturated carbocycles. The molecular weight excluding hydrogens is 218 g/mol. The lowest BCUT2D eigenvalue weighted by molar-refractivity contribution is -0.143. The van der Waals surface area contributed by atoms with Crippen LogP contribution in [0.4, 0.5) is 0 Å². The van der Waals surface area contributed by atoms with Crippen molar-refractivity contribution in [1.29, 1.82) is 0 Å². The topological polar surface area (TPSA) is 56.2 Å². The van der Waals surface area contributed by atoms with E-state index >= 15 is 0 Å². The summed E-state index contributed by atoms with van der Waals surface area (Å²) in [6, 6.07) is 0.198. The average Bonchev–Trinajstić information content (AvgIpc) is 3.09. The molecule has 1 aliphatic rings. The number of esters is 1. The lowest BCUT2D eigenvalue weighted by Gasteiger charge is -2.17. The van der Waals surface area contributed by atoms with Crippen LogP contribution in [0.25, 0.3) is 0 Å². The highest BCUT2D eigenvalue weighted by molar-refractivity contribution is 5.75. The van der Waals surface area contributed by atoms with E-state index in [4.69, 9.17) is 4.74 Å². The molecular formula is C12H19N3O2. The summed E-state index contributed by atoms with van der Waals surface area (Å²) in [4.78, 5) is 15.9. The second kappa shape index (κ2) is 4.87. The molecule has 1 aliphatic carbocycles. The van der Waals surface area contributed by atoms with Crippen molar-refractivity contribution in [1.82, 2.24) is 14.9 Å². The molecule has 1 unspecified atom stereocenters. The second-order valence-electron chi connectivity index (χ2n) is 4.58. The minimum absolute atomic E-state index is 0.206. The van der Waals surface area contributed by atoms with Crippen LogP contribution in [0, 0.1) is 13.8 Å². The Bertz CT molecular complexity index is 410. The maximum atomic E-state index is 11.7. The molecule has 2 rings (SSSR count). The van der Waals surface area contributed by atoms with Gasteiger partial charge in [0.25, 0.3) is 0 Å². The molecule has 0 aromatic carbocycles. The molecule has 17 heavy (non-hydrogen) atoms. The van der Waals surface area contributed by atoms with Gasteiger partial charge in [-0.15, -0.1) is 0 Å². The van der Waals surface area contributed by atoms with Crippen LogP contribution in [-0.2, 0) is 16.1 Å². The summed E-state index contributed by atoms with van der Waals surface area (Å²) in [5, 5.41) is 3.30. The lowest BCUT2D eigenvalue weighted by atomic mass is 10.2. The Balaban J connectivity index is 2.05. The summed E-state index contributed by atoms with van der Waals surface area (Å²) < 4.78 is 6.82. The van der Waals surface area contributed by atoms with Crippen LogP contribution in [0.5, 0.6) is 0 Å². The molecule has 94 valence electrons. The van der Waals surface area contributed by atoms with Gasteiger partial charge in [-0.3, -0.25) is 4.79 Å². The van der Waals surface area contributed by atoms with Crippen LogP contribution >= 0.6 is 0 Å². The Kier molecular flexibility index (Phi) is 3.47. The minimum Gasteiger partial charge on any atom is -0.468 e. The molecule has 5 nitrogen and oxygen atoms in total. The van der Waals surface area contributed by atoms with Gasteiger partial charge in [0.05, 0.1) is 19.1 Å². The van der Waals surface area contributed by atoms with Gasteiger partial charge in [0, 0.05) is 18.3 Å². The predicted molar refractivity (Wildman–Crippen MR) is 63.7 cm³/mol. The molecule has 0 aliphatic heterocycles. The first-order valence-corrected chi connectivity index (χ1v) is 5.94. The summed E-state index contributed by atoms with van der Waals surface area (Å²) in [7, 11) is 1.43. The molecule has 0 amide bonds. The van der Waals surface area contributed by atoms with Crippen molar-refractivity contribution in [2.24, 2.45) is 0 Å². The van der Waals surface area contributed by atoms with Crippen molar-refractivity contribution in [3.05, 3.63) is 17.7 Å². The van der Waals surface area contributed by atoms with Crippen molar-refractivity contribution in [3.63, 3.8) is 0 Å². The number of carbonyl (C=O) groups excluding carboxylic acids is 1. The number of hydrogen-bond donors (Lipinski definition) is 1. The molecule has 1 heterocycles. The monoisotopic (exact) mass is 237 g/mol. The Hall–Kier alpha value is -1.36. The highest BCUT2D eigenvalue weighted by Crippen LogP contribution is 2.20. The van der Waals surface area contributed by atoms with Gasteiger partial charge >= 0.3 is 5.97 Å². The molecule has 1 N–H and O–H groups in total. The number of methoxy groups -OCH3 is 1. The van der Waals surface area contributed by atoms with Crippen LogP contribution < -0.4 is 5.32 Å². The van der Waals surface area contributed by atoms with E-state index < -0.39 is 0 Å². The van der Waals surface area contributed by atoms with Crippen LogP contribution in [0.15, 0.2) is 6.33 Å². The standard InChI is InChI=1S/C12H19N3O2/c1-8-9(2)15(7-13-8)6-11(12(16)17-3)14-10-4-5-10/h7,10-11,14H,4-6H2,1-3H3. The summed E-state index contributed by atoms with van der Waals surface area (Å²) >= 11 is 0. The van der Waals surface area contributed by atoms with Crippen molar-refractivity contribution >= 4 is 5.97 Å². The smallest absolute Gasteiger partial charge is 0.324 e. The van der Waals surface area contributed by atoms with E-state index in [2.05, 4.69) is 10.3 Å². The number of nitrogens with one attached hydrogen (secondary N) is 1. The molecule has 0 spiro atoms. The maximum absolute atomic E-state index is 11.7. The molecule has 1 aromatic heterocycles. The highest BCUT2D eigenvalue weighted by Gasteiger charge is 2.29. The summed E-state index contributed by atoms with van der Waals surface area (Å²) in [5.74, 6) is -0.206. The number of aromatic nitrogens is 2. The number of rotatable bonds is 5. The highest BCUT2D eigenvalue weighted by atomic mass is 16.5. The van der Waals surface area contributed by atoms with Crippen molar-refractivity contribution in [2.75, 3.05) is 7.11 Å². The first-order chi connectivity index (χ1) is 8.11. The fourth-order valence-corrected chi connectivity index (χ4v) is 1.80. The number of imidazole rings is 1. The average molecular weight is 237 g/mol. The van der Waals surface area contributed by atoms with Crippen molar-refractivity contribution in [2.45, 2.75) is 45.3 Å². The summed E-state index contributed by atoms with van der Waals surface area (Å²) in [5.41, 5.74) is 2.09. The van der Waals surface area contributed by atoms with Crippen LogP contribution in [0.3, 0.4) is 0 Å². The molecule has 5 heteroatoms. The van der Waals surface area contributed by atoms with Gasteiger partial charge in [-0.1, -0.05) is 0 Å². The van der Waals surface area contributed by atoms with E-state index in [-0.39, 0.29) is 12.0 Å².